The van der Waals surface area contributed by atoms with Crippen LogP contribution in [0.25, 0.3) is 0 Å². The lowest BCUT2D eigenvalue weighted by molar-refractivity contribution is 0.300. The zero-order chi connectivity index (χ0) is 14.0. The summed E-state index contributed by atoms with van der Waals surface area (Å²) in [6.45, 7) is 1.92. The zero-order valence-corrected chi connectivity index (χ0v) is 10.9. The topological polar surface area (TPSA) is 97.5 Å². The van der Waals surface area contributed by atoms with Crippen molar-refractivity contribution in [2.24, 2.45) is 10.7 Å². The van der Waals surface area contributed by atoms with Crippen LogP contribution in [0, 0.1) is 12.3 Å². The van der Waals surface area contributed by atoms with E-state index in [1.807, 2.05) is 19.1 Å². The van der Waals surface area contributed by atoms with Crippen molar-refractivity contribution in [3.63, 3.8) is 0 Å². The molecule has 1 aliphatic rings. The fraction of sp³-hybridized carbons (Fsp3) is 0.143. The first kappa shape index (κ1) is 12.9. The first-order valence-electron chi connectivity index (χ1n) is 5.78. The van der Waals surface area contributed by atoms with Gasteiger partial charge in [-0.25, -0.2) is 4.99 Å². The molecule has 0 saturated carbocycles. The highest BCUT2D eigenvalue weighted by atomic mass is 16.5. The molecule has 0 aliphatic heterocycles. The van der Waals surface area contributed by atoms with Crippen LogP contribution in [0.3, 0.4) is 0 Å². The smallest absolute Gasteiger partial charge is 0.144 e. The highest BCUT2D eigenvalue weighted by Crippen LogP contribution is 2.22. The number of rotatable bonds is 2. The molecule has 0 aromatic heterocycles. The van der Waals surface area contributed by atoms with Crippen molar-refractivity contribution < 1.29 is 4.74 Å². The van der Waals surface area contributed by atoms with Crippen molar-refractivity contribution in [3.05, 3.63) is 47.4 Å². The standard InChI is InChI=1S/C14H16N4O/c1-8-5-9(15)3-4-12(8)18-13-7-14(19-2)11(17)6-10(13)16/h3-7,16H,15,17H2,1-2H3. The number of nitrogens with zero attached hydrogens (tertiary/aromatic N) is 1. The van der Waals surface area contributed by atoms with Crippen molar-refractivity contribution in [1.82, 2.24) is 0 Å². The Morgan fingerprint density at radius 3 is 2.58 bits per heavy atom. The van der Waals surface area contributed by atoms with E-state index in [2.05, 4.69) is 4.99 Å². The average Bonchev–Trinajstić information content (AvgIpc) is 2.35. The maximum atomic E-state index is 7.89. The van der Waals surface area contributed by atoms with Crippen LogP contribution in [0.2, 0.25) is 0 Å². The van der Waals surface area contributed by atoms with Gasteiger partial charge in [0.2, 0.25) is 0 Å². The Bertz CT molecular complexity index is 626. The number of aliphatic imine (C=N–C) groups is 1. The molecule has 1 aromatic carbocycles. The summed E-state index contributed by atoms with van der Waals surface area (Å²) in [7, 11) is 1.54. The maximum absolute atomic E-state index is 7.89. The van der Waals surface area contributed by atoms with Crippen LogP contribution in [0.5, 0.6) is 0 Å². The normalized spacial score (nSPS) is 17.2. The Balaban J connectivity index is 2.43. The zero-order valence-electron chi connectivity index (χ0n) is 10.9. The molecule has 0 heterocycles. The number of anilines is 1. The van der Waals surface area contributed by atoms with Crippen LogP contribution >= 0.6 is 0 Å². The molecule has 0 bridgehead atoms. The lowest BCUT2D eigenvalue weighted by Crippen LogP contribution is -2.19. The van der Waals surface area contributed by atoms with E-state index >= 15 is 0 Å². The van der Waals surface area contributed by atoms with Crippen LogP contribution in [0.4, 0.5) is 11.4 Å². The van der Waals surface area contributed by atoms with Gasteiger partial charge in [0.05, 0.1) is 29.9 Å². The predicted molar refractivity (Wildman–Crippen MR) is 77.8 cm³/mol. The van der Waals surface area contributed by atoms with E-state index in [0.29, 0.717) is 22.9 Å². The number of nitrogen functional groups attached to an aromatic ring is 1. The molecule has 5 N–H and O–H groups in total. The minimum Gasteiger partial charge on any atom is -0.495 e. The van der Waals surface area contributed by atoms with Gasteiger partial charge in [0, 0.05) is 11.8 Å². The largest absolute Gasteiger partial charge is 0.495 e. The van der Waals surface area contributed by atoms with Crippen LogP contribution in [0.15, 0.2) is 46.8 Å². The lowest BCUT2D eigenvalue weighted by atomic mass is 10.1. The van der Waals surface area contributed by atoms with Crippen LogP contribution in [0.1, 0.15) is 5.56 Å². The third-order valence-electron chi connectivity index (χ3n) is 2.81. The molecule has 1 aliphatic carbocycles. The molecule has 0 atom stereocenters. The molecule has 5 heteroatoms. The molecule has 0 spiro atoms. The number of ether oxygens (including phenoxy) is 1. The average molecular weight is 256 g/mol. The molecule has 0 fully saturated rings. The van der Waals surface area contributed by atoms with Gasteiger partial charge in [-0.1, -0.05) is 0 Å². The minimum absolute atomic E-state index is 0.259. The van der Waals surface area contributed by atoms with E-state index in [9.17, 15) is 0 Å². The number of hydrogen-bond acceptors (Lipinski definition) is 5. The van der Waals surface area contributed by atoms with E-state index in [4.69, 9.17) is 21.6 Å². The second-order valence-electron chi connectivity index (χ2n) is 4.27. The lowest BCUT2D eigenvalue weighted by Gasteiger charge is -2.13. The Morgan fingerprint density at radius 1 is 1.21 bits per heavy atom. The summed E-state index contributed by atoms with van der Waals surface area (Å²) >= 11 is 0. The van der Waals surface area contributed by atoms with E-state index in [1.165, 1.54) is 13.2 Å². The number of aryl methyl sites for hydroxylation is 1. The van der Waals surface area contributed by atoms with Crippen molar-refractivity contribution in [3.8, 4) is 0 Å². The first-order chi connectivity index (χ1) is 9.01. The molecular weight excluding hydrogens is 240 g/mol. The summed E-state index contributed by atoms with van der Waals surface area (Å²) in [4.78, 5) is 4.45. The van der Waals surface area contributed by atoms with Gasteiger partial charge >= 0.3 is 0 Å². The van der Waals surface area contributed by atoms with Gasteiger partial charge < -0.3 is 16.2 Å². The Morgan fingerprint density at radius 2 is 1.95 bits per heavy atom. The van der Waals surface area contributed by atoms with Gasteiger partial charge in [-0.2, -0.15) is 0 Å². The fourth-order valence-corrected chi connectivity index (χ4v) is 1.79. The van der Waals surface area contributed by atoms with Gasteiger partial charge in [-0.15, -0.1) is 0 Å². The number of allylic oxidation sites excluding steroid dienone is 2. The van der Waals surface area contributed by atoms with Gasteiger partial charge in [-0.3, -0.25) is 5.41 Å². The van der Waals surface area contributed by atoms with Crippen LogP contribution < -0.4 is 11.5 Å². The molecular formula is C14H16N4O. The van der Waals surface area contributed by atoms with E-state index in [1.54, 1.807) is 12.1 Å². The van der Waals surface area contributed by atoms with E-state index < -0.39 is 0 Å². The molecule has 1 aromatic rings. The van der Waals surface area contributed by atoms with Crippen molar-refractivity contribution in [1.29, 1.82) is 5.41 Å². The summed E-state index contributed by atoms with van der Waals surface area (Å²) < 4.78 is 5.14. The highest BCUT2D eigenvalue weighted by molar-refractivity contribution is 6.50. The quantitative estimate of drug-likeness (QED) is 0.558. The summed E-state index contributed by atoms with van der Waals surface area (Å²) in [5.74, 6) is 0.517. The van der Waals surface area contributed by atoms with E-state index in [0.717, 1.165) is 11.3 Å². The SMILES string of the molecule is COC1=CC(=Nc2ccc(N)cc2C)C(=N)C=C1N. The van der Waals surface area contributed by atoms with Gasteiger partial charge in [0.15, 0.2) is 0 Å². The van der Waals surface area contributed by atoms with Crippen LogP contribution in [-0.2, 0) is 4.74 Å². The second kappa shape index (κ2) is 4.97. The van der Waals surface area contributed by atoms with E-state index in [-0.39, 0.29) is 5.71 Å². The van der Waals surface area contributed by atoms with Gasteiger partial charge in [0.25, 0.3) is 0 Å². The number of methoxy groups -OCH3 is 1. The summed E-state index contributed by atoms with van der Waals surface area (Å²) in [6, 6.07) is 5.45. The molecule has 19 heavy (non-hydrogen) atoms. The number of nitrogens with one attached hydrogen (secondary N) is 1. The highest BCUT2D eigenvalue weighted by Gasteiger charge is 2.14. The predicted octanol–water partition coefficient (Wildman–Crippen LogP) is 2.06. The van der Waals surface area contributed by atoms with Crippen molar-refractivity contribution in [2.75, 3.05) is 12.8 Å². The number of hydrogen-bond donors (Lipinski definition) is 3. The maximum Gasteiger partial charge on any atom is 0.144 e. The Kier molecular flexibility index (Phi) is 3.37. The van der Waals surface area contributed by atoms with Crippen molar-refractivity contribution >= 4 is 22.8 Å². The number of benzene rings is 1. The second-order valence-corrected chi connectivity index (χ2v) is 4.27. The molecule has 0 unspecified atom stereocenters. The first-order valence-corrected chi connectivity index (χ1v) is 5.78. The summed E-state index contributed by atoms with van der Waals surface area (Å²) in [5.41, 5.74) is 15.1. The number of nitrogens with two attached hydrogens (primary N) is 2. The summed E-state index contributed by atoms with van der Waals surface area (Å²) in [6.07, 6.45) is 3.19. The molecule has 0 amide bonds. The monoisotopic (exact) mass is 256 g/mol. The third kappa shape index (κ3) is 2.65. The van der Waals surface area contributed by atoms with Gasteiger partial charge in [-0.05, 0) is 36.8 Å². The summed E-state index contributed by atoms with van der Waals surface area (Å²) in [5, 5.41) is 7.89. The molecule has 0 saturated heterocycles. The molecule has 0 radical (unpaired) electrons. The fourth-order valence-electron chi connectivity index (χ4n) is 1.79. The van der Waals surface area contributed by atoms with Crippen molar-refractivity contribution in [2.45, 2.75) is 6.92 Å². The Labute approximate surface area is 111 Å². The Hall–Kier alpha value is -2.56. The van der Waals surface area contributed by atoms with Crippen LogP contribution in [-0.4, -0.2) is 18.5 Å². The molecule has 98 valence electrons. The van der Waals surface area contributed by atoms with Gasteiger partial charge in [0.1, 0.15) is 5.76 Å². The minimum atomic E-state index is 0.259. The molecule has 2 rings (SSSR count). The third-order valence-corrected chi connectivity index (χ3v) is 2.81. The molecule has 5 nitrogen and oxygen atoms in total.